The molecular weight excluding hydrogens is 240 g/mol. The Balaban J connectivity index is 1.90. The molecule has 1 amide bonds. The van der Waals surface area contributed by atoms with Gasteiger partial charge in [-0.05, 0) is 13.0 Å². The molecule has 2 rings (SSSR count). The molecule has 90 valence electrons. The Hall–Kier alpha value is -1.96. The van der Waals surface area contributed by atoms with E-state index >= 15 is 0 Å². The van der Waals surface area contributed by atoms with Crippen LogP contribution in [-0.4, -0.2) is 31.9 Å². The highest BCUT2D eigenvalue weighted by Gasteiger charge is 2.14. The Kier molecular flexibility index (Phi) is 3.33. The fraction of sp³-hybridized carbons (Fsp3) is 0.333. The second-order valence-electron chi connectivity index (χ2n) is 3.55. The van der Waals surface area contributed by atoms with E-state index < -0.39 is 0 Å². The number of nitrogens with two attached hydrogens (primary N) is 1. The summed E-state index contributed by atoms with van der Waals surface area (Å²) in [6.07, 6.45) is 3.53. The van der Waals surface area contributed by atoms with E-state index in [4.69, 9.17) is 5.73 Å². The van der Waals surface area contributed by atoms with Gasteiger partial charge >= 0.3 is 0 Å². The number of anilines is 1. The van der Waals surface area contributed by atoms with Crippen LogP contribution in [0.3, 0.4) is 0 Å². The highest BCUT2D eigenvalue weighted by molar-refractivity contribution is 7.16. The lowest BCUT2D eigenvalue weighted by Crippen LogP contribution is -2.35. The van der Waals surface area contributed by atoms with E-state index in [0.29, 0.717) is 6.54 Å². The van der Waals surface area contributed by atoms with E-state index in [9.17, 15) is 4.79 Å². The second-order valence-corrected chi connectivity index (χ2v) is 4.56. The van der Waals surface area contributed by atoms with Crippen molar-refractivity contribution in [2.24, 2.45) is 0 Å². The summed E-state index contributed by atoms with van der Waals surface area (Å²) in [5.74, 6) is -0.265. The van der Waals surface area contributed by atoms with E-state index in [1.54, 1.807) is 10.9 Å². The van der Waals surface area contributed by atoms with Gasteiger partial charge in [0.05, 0.1) is 6.54 Å². The quantitative estimate of drug-likeness (QED) is 0.806. The largest absolute Gasteiger partial charge is 0.374 e. The van der Waals surface area contributed by atoms with Crippen LogP contribution >= 0.6 is 11.3 Å². The summed E-state index contributed by atoms with van der Waals surface area (Å²) < 4.78 is 1.75. The van der Waals surface area contributed by atoms with Crippen LogP contribution in [0.25, 0.3) is 0 Å². The molecule has 8 heteroatoms. The number of nitrogens with zero attached hydrogens (tertiary/aromatic N) is 4. The van der Waals surface area contributed by atoms with Crippen molar-refractivity contribution in [2.45, 2.75) is 19.5 Å². The van der Waals surface area contributed by atoms with Crippen molar-refractivity contribution >= 4 is 22.4 Å². The third-order valence-electron chi connectivity index (χ3n) is 2.03. The van der Waals surface area contributed by atoms with E-state index in [2.05, 4.69) is 20.6 Å². The molecule has 0 aliphatic rings. The number of hydrogen-bond donors (Lipinski definition) is 2. The lowest BCUT2D eigenvalue weighted by molar-refractivity contribution is 0.0935. The highest BCUT2D eigenvalue weighted by Crippen LogP contribution is 2.10. The van der Waals surface area contributed by atoms with E-state index in [1.807, 2.05) is 19.2 Å². The number of hydrogen-bond acceptors (Lipinski definition) is 6. The van der Waals surface area contributed by atoms with Gasteiger partial charge in [0.2, 0.25) is 10.1 Å². The van der Waals surface area contributed by atoms with Crippen molar-refractivity contribution in [3.8, 4) is 0 Å². The zero-order valence-electron chi connectivity index (χ0n) is 9.20. The van der Waals surface area contributed by atoms with Crippen LogP contribution < -0.4 is 11.1 Å². The van der Waals surface area contributed by atoms with E-state index in [-0.39, 0.29) is 22.1 Å². The van der Waals surface area contributed by atoms with Crippen LogP contribution in [-0.2, 0) is 6.54 Å². The average Bonchev–Trinajstić information content (AvgIpc) is 2.89. The molecule has 2 heterocycles. The van der Waals surface area contributed by atoms with Crippen molar-refractivity contribution in [3.05, 3.63) is 23.5 Å². The molecule has 0 aliphatic carbocycles. The van der Waals surface area contributed by atoms with Gasteiger partial charge in [0, 0.05) is 18.4 Å². The van der Waals surface area contributed by atoms with Crippen molar-refractivity contribution < 1.29 is 4.79 Å². The molecule has 0 bridgehead atoms. The van der Waals surface area contributed by atoms with Crippen LogP contribution in [0.1, 0.15) is 16.7 Å². The maximum absolute atomic E-state index is 11.7. The fourth-order valence-corrected chi connectivity index (χ4v) is 1.86. The first kappa shape index (κ1) is 11.5. The van der Waals surface area contributed by atoms with Crippen molar-refractivity contribution in [3.63, 3.8) is 0 Å². The summed E-state index contributed by atoms with van der Waals surface area (Å²) in [4.78, 5) is 11.7. The first-order chi connectivity index (χ1) is 8.15. The zero-order valence-corrected chi connectivity index (χ0v) is 10.0. The van der Waals surface area contributed by atoms with Gasteiger partial charge < -0.3 is 11.1 Å². The van der Waals surface area contributed by atoms with Gasteiger partial charge in [0.25, 0.3) is 5.91 Å². The smallest absolute Gasteiger partial charge is 0.282 e. The number of nitrogen functional groups attached to an aromatic ring is 1. The molecular formula is C9H12N6OS. The summed E-state index contributed by atoms with van der Waals surface area (Å²) in [6, 6.07) is 1.78. The fourth-order valence-electron chi connectivity index (χ4n) is 1.35. The van der Waals surface area contributed by atoms with Crippen LogP contribution in [0.15, 0.2) is 18.5 Å². The average molecular weight is 252 g/mol. The normalized spacial score (nSPS) is 12.3. The second kappa shape index (κ2) is 4.91. The SMILES string of the molecule is CC(Cn1cccn1)NC(=O)c1nnc(N)s1. The molecule has 1 atom stereocenters. The number of carbonyl (C=O) groups is 1. The molecule has 0 aliphatic heterocycles. The van der Waals surface area contributed by atoms with Crippen LogP contribution in [0, 0.1) is 0 Å². The van der Waals surface area contributed by atoms with Gasteiger partial charge in [0.15, 0.2) is 0 Å². The van der Waals surface area contributed by atoms with Gasteiger partial charge in [-0.3, -0.25) is 9.48 Å². The minimum absolute atomic E-state index is 0.0486. The summed E-state index contributed by atoms with van der Waals surface area (Å²) >= 11 is 1.07. The van der Waals surface area contributed by atoms with Crippen molar-refractivity contribution in [1.82, 2.24) is 25.3 Å². The molecule has 0 radical (unpaired) electrons. The highest BCUT2D eigenvalue weighted by atomic mass is 32.1. The van der Waals surface area contributed by atoms with Crippen molar-refractivity contribution in [1.29, 1.82) is 0 Å². The molecule has 3 N–H and O–H groups in total. The van der Waals surface area contributed by atoms with E-state index in [1.165, 1.54) is 0 Å². The standard InChI is InChI=1S/C9H12N6OS/c1-6(5-15-4-2-3-11-15)12-7(16)8-13-14-9(10)17-8/h2-4,6H,5H2,1H3,(H2,10,14)(H,12,16). The lowest BCUT2D eigenvalue weighted by atomic mass is 10.3. The van der Waals surface area contributed by atoms with E-state index in [0.717, 1.165) is 11.3 Å². The minimum atomic E-state index is -0.265. The topological polar surface area (TPSA) is 98.7 Å². The minimum Gasteiger partial charge on any atom is -0.374 e. The summed E-state index contributed by atoms with van der Waals surface area (Å²) in [5, 5.41) is 14.7. The molecule has 0 saturated carbocycles. The van der Waals surface area contributed by atoms with Gasteiger partial charge in [-0.1, -0.05) is 11.3 Å². The Bertz CT molecular complexity index is 493. The Morgan fingerprint density at radius 2 is 2.47 bits per heavy atom. The third-order valence-corrected chi connectivity index (χ3v) is 2.78. The first-order valence-corrected chi connectivity index (χ1v) is 5.84. The number of rotatable bonds is 4. The maximum Gasteiger partial charge on any atom is 0.282 e. The van der Waals surface area contributed by atoms with Gasteiger partial charge in [-0.25, -0.2) is 0 Å². The van der Waals surface area contributed by atoms with Gasteiger partial charge in [-0.15, -0.1) is 10.2 Å². The molecule has 1 unspecified atom stereocenters. The Morgan fingerprint density at radius 1 is 1.65 bits per heavy atom. The molecule has 0 saturated heterocycles. The van der Waals surface area contributed by atoms with Gasteiger partial charge in [0.1, 0.15) is 0 Å². The van der Waals surface area contributed by atoms with Gasteiger partial charge in [-0.2, -0.15) is 5.10 Å². The first-order valence-electron chi connectivity index (χ1n) is 5.02. The molecule has 0 spiro atoms. The van der Waals surface area contributed by atoms with Crippen LogP contribution in [0.4, 0.5) is 5.13 Å². The van der Waals surface area contributed by atoms with Crippen LogP contribution in [0.2, 0.25) is 0 Å². The predicted octanol–water partition coefficient (Wildman–Crippen LogP) is 0.135. The monoisotopic (exact) mass is 252 g/mol. The molecule has 0 aromatic carbocycles. The Morgan fingerprint density at radius 3 is 3.06 bits per heavy atom. The molecule has 7 nitrogen and oxygen atoms in total. The number of aromatic nitrogens is 4. The summed E-state index contributed by atoms with van der Waals surface area (Å²) in [5.41, 5.74) is 5.41. The number of carbonyl (C=O) groups excluding carboxylic acids is 1. The van der Waals surface area contributed by atoms with Crippen LogP contribution in [0.5, 0.6) is 0 Å². The molecule has 2 aromatic heterocycles. The predicted molar refractivity (Wildman–Crippen MR) is 63.5 cm³/mol. The van der Waals surface area contributed by atoms with Crippen molar-refractivity contribution in [2.75, 3.05) is 5.73 Å². The lowest BCUT2D eigenvalue weighted by Gasteiger charge is -2.12. The summed E-state index contributed by atoms with van der Waals surface area (Å²) in [6.45, 7) is 2.50. The number of nitrogens with one attached hydrogen (secondary N) is 1. The Labute approximate surface area is 102 Å². The molecule has 17 heavy (non-hydrogen) atoms. The maximum atomic E-state index is 11.7. The summed E-state index contributed by atoms with van der Waals surface area (Å²) in [7, 11) is 0. The molecule has 0 fully saturated rings. The number of amides is 1. The third kappa shape index (κ3) is 3.00. The molecule has 2 aromatic rings. The zero-order chi connectivity index (χ0) is 12.3.